The molecule has 2 nitrogen and oxygen atoms in total. The van der Waals surface area contributed by atoms with E-state index in [2.05, 4.69) is 0 Å². The van der Waals surface area contributed by atoms with Crippen LogP contribution in [0.25, 0.3) is 11.1 Å². The van der Waals surface area contributed by atoms with Crippen molar-refractivity contribution in [1.82, 2.24) is 0 Å². The van der Waals surface area contributed by atoms with Crippen LogP contribution in [0.2, 0.25) is 0 Å². The van der Waals surface area contributed by atoms with Crippen LogP contribution in [0, 0.1) is 19.7 Å². The SMILES string of the molecule is COc1cc(C)cc(C)c1-c1cccc(F)c1N. The molecule has 2 aromatic rings. The number of hydrogen-bond donors (Lipinski definition) is 1. The molecular formula is C15H16FNO. The van der Waals surface area contributed by atoms with Crippen molar-refractivity contribution in [2.75, 3.05) is 12.8 Å². The lowest BCUT2D eigenvalue weighted by atomic mass is 9.96. The number of hydrogen-bond acceptors (Lipinski definition) is 2. The number of benzene rings is 2. The van der Waals surface area contributed by atoms with Gasteiger partial charge in [0.15, 0.2) is 0 Å². The summed E-state index contributed by atoms with van der Waals surface area (Å²) >= 11 is 0. The van der Waals surface area contributed by atoms with E-state index >= 15 is 0 Å². The van der Waals surface area contributed by atoms with E-state index in [4.69, 9.17) is 10.5 Å². The van der Waals surface area contributed by atoms with Crippen LogP contribution in [0.5, 0.6) is 5.75 Å². The molecule has 0 atom stereocenters. The van der Waals surface area contributed by atoms with Crippen molar-refractivity contribution in [3.05, 3.63) is 47.3 Å². The number of methoxy groups -OCH3 is 1. The lowest BCUT2D eigenvalue weighted by Gasteiger charge is -2.15. The van der Waals surface area contributed by atoms with Gasteiger partial charge in [0, 0.05) is 11.1 Å². The first-order valence-corrected chi connectivity index (χ1v) is 5.74. The fraction of sp³-hybridized carbons (Fsp3) is 0.200. The van der Waals surface area contributed by atoms with Crippen molar-refractivity contribution in [3.63, 3.8) is 0 Å². The van der Waals surface area contributed by atoms with Gasteiger partial charge < -0.3 is 10.5 Å². The van der Waals surface area contributed by atoms with Crippen molar-refractivity contribution in [2.45, 2.75) is 13.8 Å². The van der Waals surface area contributed by atoms with E-state index in [1.54, 1.807) is 19.2 Å². The van der Waals surface area contributed by atoms with Crippen LogP contribution in [-0.4, -0.2) is 7.11 Å². The van der Waals surface area contributed by atoms with E-state index in [9.17, 15) is 4.39 Å². The summed E-state index contributed by atoms with van der Waals surface area (Å²) < 4.78 is 18.9. The molecule has 0 unspecified atom stereocenters. The minimum atomic E-state index is -0.408. The monoisotopic (exact) mass is 245 g/mol. The molecule has 18 heavy (non-hydrogen) atoms. The molecule has 0 amide bonds. The van der Waals surface area contributed by atoms with Crippen LogP contribution < -0.4 is 10.5 Å². The summed E-state index contributed by atoms with van der Waals surface area (Å²) in [6.07, 6.45) is 0. The fourth-order valence-corrected chi connectivity index (χ4v) is 2.19. The third kappa shape index (κ3) is 2.04. The maximum absolute atomic E-state index is 13.5. The molecule has 0 aliphatic carbocycles. The molecule has 0 spiro atoms. The van der Waals surface area contributed by atoms with Crippen LogP contribution in [0.15, 0.2) is 30.3 Å². The highest BCUT2D eigenvalue weighted by Gasteiger charge is 2.14. The van der Waals surface area contributed by atoms with Gasteiger partial charge >= 0.3 is 0 Å². The van der Waals surface area contributed by atoms with Crippen LogP contribution in [0.4, 0.5) is 10.1 Å². The third-order valence-corrected chi connectivity index (χ3v) is 2.99. The van der Waals surface area contributed by atoms with E-state index in [1.807, 2.05) is 26.0 Å². The molecule has 0 saturated carbocycles. The Labute approximate surface area is 106 Å². The van der Waals surface area contributed by atoms with Gasteiger partial charge in [-0.25, -0.2) is 4.39 Å². The van der Waals surface area contributed by atoms with Gasteiger partial charge in [-0.15, -0.1) is 0 Å². The predicted molar refractivity (Wildman–Crippen MR) is 72.3 cm³/mol. The molecule has 0 aliphatic heterocycles. The van der Waals surface area contributed by atoms with Crippen LogP contribution >= 0.6 is 0 Å². The number of nitrogen functional groups attached to an aromatic ring is 1. The van der Waals surface area contributed by atoms with Gasteiger partial charge in [0.1, 0.15) is 11.6 Å². The largest absolute Gasteiger partial charge is 0.496 e. The second-order valence-electron chi connectivity index (χ2n) is 4.36. The lowest BCUT2D eigenvalue weighted by Crippen LogP contribution is -1.98. The predicted octanol–water partition coefficient (Wildman–Crippen LogP) is 3.70. The topological polar surface area (TPSA) is 35.2 Å². The summed E-state index contributed by atoms with van der Waals surface area (Å²) in [5.74, 6) is 0.305. The molecule has 2 aromatic carbocycles. The average Bonchev–Trinajstić information content (AvgIpc) is 2.32. The molecule has 0 aromatic heterocycles. The summed E-state index contributed by atoms with van der Waals surface area (Å²) in [5.41, 5.74) is 9.61. The summed E-state index contributed by atoms with van der Waals surface area (Å²) in [6, 6.07) is 8.77. The van der Waals surface area contributed by atoms with Crippen molar-refractivity contribution >= 4 is 5.69 Å². The quantitative estimate of drug-likeness (QED) is 0.819. The Morgan fingerprint density at radius 3 is 2.56 bits per heavy atom. The second-order valence-corrected chi connectivity index (χ2v) is 4.36. The Morgan fingerprint density at radius 2 is 1.89 bits per heavy atom. The smallest absolute Gasteiger partial charge is 0.146 e. The Bertz CT molecular complexity index is 593. The molecule has 0 heterocycles. The highest BCUT2D eigenvalue weighted by atomic mass is 19.1. The summed E-state index contributed by atoms with van der Waals surface area (Å²) in [7, 11) is 1.60. The van der Waals surface area contributed by atoms with Crippen LogP contribution in [-0.2, 0) is 0 Å². The van der Waals surface area contributed by atoms with Gasteiger partial charge in [-0.3, -0.25) is 0 Å². The molecule has 2 N–H and O–H groups in total. The maximum Gasteiger partial charge on any atom is 0.146 e. The number of aryl methyl sites for hydroxylation is 2. The molecule has 94 valence electrons. The van der Waals surface area contributed by atoms with Crippen LogP contribution in [0.1, 0.15) is 11.1 Å². The lowest BCUT2D eigenvalue weighted by molar-refractivity contribution is 0.416. The van der Waals surface area contributed by atoms with Crippen molar-refractivity contribution in [3.8, 4) is 16.9 Å². The van der Waals surface area contributed by atoms with Crippen molar-refractivity contribution in [1.29, 1.82) is 0 Å². The number of para-hydroxylation sites is 1. The van der Waals surface area contributed by atoms with E-state index in [0.29, 0.717) is 11.3 Å². The van der Waals surface area contributed by atoms with E-state index < -0.39 is 5.82 Å². The van der Waals surface area contributed by atoms with Gasteiger partial charge in [0.05, 0.1) is 12.8 Å². The minimum absolute atomic E-state index is 0.155. The number of ether oxygens (including phenoxy) is 1. The minimum Gasteiger partial charge on any atom is -0.496 e. The Balaban J connectivity index is 2.74. The molecular weight excluding hydrogens is 229 g/mol. The average molecular weight is 245 g/mol. The van der Waals surface area contributed by atoms with Gasteiger partial charge in [0.2, 0.25) is 0 Å². The zero-order valence-electron chi connectivity index (χ0n) is 10.8. The highest BCUT2D eigenvalue weighted by Crippen LogP contribution is 2.38. The van der Waals surface area contributed by atoms with Gasteiger partial charge in [-0.05, 0) is 37.1 Å². The number of nitrogens with two attached hydrogens (primary N) is 1. The molecule has 2 rings (SSSR count). The third-order valence-electron chi connectivity index (χ3n) is 2.99. The first-order chi connectivity index (χ1) is 8.54. The van der Waals surface area contributed by atoms with E-state index in [-0.39, 0.29) is 5.69 Å². The molecule has 0 saturated heterocycles. The summed E-state index contributed by atoms with van der Waals surface area (Å²) in [6.45, 7) is 3.96. The normalized spacial score (nSPS) is 10.4. The Morgan fingerprint density at radius 1 is 1.17 bits per heavy atom. The maximum atomic E-state index is 13.5. The molecule has 0 radical (unpaired) electrons. The second kappa shape index (κ2) is 4.69. The number of rotatable bonds is 2. The van der Waals surface area contributed by atoms with Crippen LogP contribution in [0.3, 0.4) is 0 Å². The first-order valence-electron chi connectivity index (χ1n) is 5.74. The number of anilines is 1. The standard InChI is InChI=1S/C15H16FNO/c1-9-7-10(2)14(13(8-9)18-3)11-5-4-6-12(16)15(11)17/h4-8H,17H2,1-3H3. The zero-order valence-corrected chi connectivity index (χ0v) is 10.8. The van der Waals surface area contributed by atoms with E-state index in [1.165, 1.54) is 6.07 Å². The summed E-state index contributed by atoms with van der Waals surface area (Å²) in [5, 5.41) is 0. The Kier molecular flexibility index (Phi) is 3.24. The first kappa shape index (κ1) is 12.4. The van der Waals surface area contributed by atoms with Gasteiger partial charge in [-0.2, -0.15) is 0 Å². The van der Waals surface area contributed by atoms with Crippen molar-refractivity contribution < 1.29 is 9.13 Å². The number of halogens is 1. The van der Waals surface area contributed by atoms with Crippen molar-refractivity contribution in [2.24, 2.45) is 0 Å². The highest BCUT2D eigenvalue weighted by molar-refractivity contribution is 5.83. The molecule has 0 bridgehead atoms. The fourth-order valence-electron chi connectivity index (χ4n) is 2.19. The summed E-state index contributed by atoms with van der Waals surface area (Å²) in [4.78, 5) is 0. The molecule has 0 fully saturated rings. The van der Waals surface area contributed by atoms with Gasteiger partial charge in [0.25, 0.3) is 0 Å². The molecule has 0 aliphatic rings. The Hall–Kier alpha value is -2.03. The van der Waals surface area contributed by atoms with E-state index in [0.717, 1.165) is 16.7 Å². The van der Waals surface area contributed by atoms with Gasteiger partial charge in [-0.1, -0.05) is 18.2 Å². The zero-order chi connectivity index (χ0) is 13.3. The molecule has 3 heteroatoms.